The number of fused-ring (bicyclic) bond motifs is 1. The molecule has 2 fully saturated rings. The van der Waals surface area contributed by atoms with Crippen LogP contribution >= 0.6 is 0 Å². The molecule has 2 heterocycles. The number of carbonyl (C=O) groups is 1. The Morgan fingerprint density at radius 1 is 1.23 bits per heavy atom. The van der Waals surface area contributed by atoms with Gasteiger partial charge < -0.3 is 19.1 Å². The van der Waals surface area contributed by atoms with Crippen molar-refractivity contribution in [3.05, 3.63) is 52.8 Å². The largest absolute Gasteiger partial charge is 0.488 e. The van der Waals surface area contributed by atoms with Crippen LogP contribution in [-0.4, -0.2) is 53.0 Å². The number of carbonyl (C=O) groups excluding carboxylic acids is 1. The maximum Gasteiger partial charge on any atom is 0.337 e. The van der Waals surface area contributed by atoms with Crippen LogP contribution in [0.2, 0.25) is 0 Å². The SMILES string of the molecule is COC(=O)c1ccc(O[C@@H]2C[C@@H]3CN(Cc4cc(C#N)n(C)c4C)C[C@@H]3C[C@H]2O)cc1. The van der Waals surface area contributed by atoms with Crippen molar-refractivity contribution in [2.24, 2.45) is 18.9 Å². The second-order valence-electron chi connectivity index (χ2n) is 8.74. The lowest BCUT2D eigenvalue weighted by atomic mass is 9.78. The van der Waals surface area contributed by atoms with Crippen molar-refractivity contribution >= 4 is 5.97 Å². The van der Waals surface area contributed by atoms with Gasteiger partial charge in [-0.1, -0.05) is 0 Å². The molecule has 4 rings (SSSR count). The summed E-state index contributed by atoms with van der Waals surface area (Å²) in [7, 11) is 3.28. The Labute approximate surface area is 182 Å². The Bertz CT molecular complexity index is 991. The monoisotopic (exact) mass is 423 g/mol. The highest BCUT2D eigenvalue weighted by Gasteiger charge is 2.42. The van der Waals surface area contributed by atoms with E-state index in [-0.39, 0.29) is 12.1 Å². The van der Waals surface area contributed by atoms with E-state index < -0.39 is 6.10 Å². The summed E-state index contributed by atoms with van der Waals surface area (Å²) >= 11 is 0. The van der Waals surface area contributed by atoms with Crippen molar-refractivity contribution in [3.63, 3.8) is 0 Å². The van der Waals surface area contributed by atoms with Crippen LogP contribution in [0.4, 0.5) is 0 Å². The Morgan fingerprint density at radius 3 is 2.52 bits per heavy atom. The molecule has 1 saturated carbocycles. The quantitative estimate of drug-likeness (QED) is 0.744. The topological polar surface area (TPSA) is 87.7 Å². The van der Waals surface area contributed by atoms with Gasteiger partial charge in [-0.15, -0.1) is 0 Å². The second-order valence-corrected chi connectivity index (χ2v) is 8.74. The third-order valence-electron chi connectivity index (χ3n) is 6.87. The van der Waals surface area contributed by atoms with Gasteiger partial charge in [0.15, 0.2) is 0 Å². The lowest BCUT2D eigenvalue weighted by Crippen LogP contribution is -2.42. The molecule has 2 aromatic rings. The van der Waals surface area contributed by atoms with E-state index in [1.165, 1.54) is 12.7 Å². The summed E-state index contributed by atoms with van der Waals surface area (Å²) in [6.07, 6.45) is 0.765. The Morgan fingerprint density at radius 2 is 1.90 bits per heavy atom. The molecule has 0 radical (unpaired) electrons. The van der Waals surface area contributed by atoms with Gasteiger partial charge in [0.25, 0.3) is 0 Å². The van der Waals surface area contributed by atoms with Gasteiger partial charge in [0, 0.05) is 32.4 Å². The zero-order chi connectivity index (χ0) is 22.1. The molecule has 1 saturated heterocycles. The third-order valence-corrected chi connectivity index (χ3v) is 6.87. The molecule has 1 aliphatic carbocycles. The maximum atomic E-state index is 11.6. The predicted octanol–water partition coefficient (Wildman–Crippen LogP) is 2.64. The molecule has 2 aliphatic rings. The first-order valence-electron chi connectivity index (χ1n) is 10.7. The highest BCUT2D eigenvalue weighted by molar-refractivity contribution is 5.89. The number of aromatic nitrogens is 1. The molecular weight excluding hydrogens is 394 g/mol. The number of methoxy groups -OCH3 is 1. The number of likely N-dealkylation sites (tertiary alicyclic amines) is 1. The summed E-state index contributed by atoms with van der Waals surface area (Å²) in [5.74, 6) is 1.20. The molecule has 0 spiro atoms. The van der Waals surface area contributed by atoms with Crippen LogP contribution in [0.15, 0.2) is 30.3 Å². The van der Waals surface area contributed by atoms with Gasteiger partial charge in [0.2, 0.25) is 0 Å². The Hall–Kier alpha value is -2.82. The van der Waals surface area contributed by atoms with Gasteiger partial charge in [-0.25, -0.2) is 4.79 Å². The van der Waals surface area contributed by atoms with Crippen molar-refractivity contribution in [3.8, 4) is 11.8 Å². The van der Waals surface area contributed by atoms with Crippen molar-refractivity contribution in [2.45, 2.75) is 38.5 Å². The lowest BCUT2D eigenvalue weighted by molar-refractivity contribution is -0.0231. The fourth-order valence-corrected chi connectivity index (χ4v) is 4.98. The molecule has 7 nitrogen and oxygen atoms in total. The maximum absolute atomic E-state index is 11.6. The van der Waals surface area contributed by atoms with Crippen LogP contribution in [0.5, 0.6) is 5.75 Å². The van der Waals surface area contributed by atoms with Gasteiger partial charge >= 0.3 is 5.97 Å². The fourth-order valence-electron chi connectivity index (χ4n) is 4.98. The summed E-state index contributed by atoms with van der Waals surface area (Å²) in [6, 6.07) is 11.1. The van der Waals surface area contributed by atoms with Crippen LogP contribution in [0.1, 0.15) is 40.2 Å². The minimum Gasteiger partial charge on any atom is -0.488 e. The lowest BCUT2D eigenvalue weighted by Gasteiger charge is -2.35. The van der Waals surface area contributed by atoms with E-state index in [4.69, 9.17) is 9.47 Å². The number of rotatable bonds is 5. The molecule has 0 amide bonds. The predicted molar refractivity (Wildman–Crippen MR) is 115 cm³/mol. The third kappa shape index (κ3) is 4.32. The van der Waals surface area contributed by atoms with E-state index >= 15 is 0 Å². The zero-order valence-corrected chi connectivity index (χ0v) is 18.2. The Balaban J connectivity index is 1.38. The van der Waals surface area contributed by atoms with Crippen molar-refractivity contribution in [2.75, 3.05) is 20.2 Å². The number of esters is 1. The molecule has 0 unspecified atom stereocenters. The second kappa shape index (κ2) is 8.74. The number of benzene rings is 1. The molecule has 1 aliphatic heterocycles. The van der Waals surface area contributed by atoms with E-state index in [1.807, 2.05) is 17.7 Å². The fraction of sp³-hybridized carbons (Fsp3) is 0.500. The molecular formula is C24H29N3O4. The van der Waals surface area contributed by atoms with E-state index in [0.717, 1.165) is 38.2 Å². The summed E-state index contributed by atoms with van der Waals surface area (Å²) < 4.78 is 12.8. The number of nitrogens with zero attached hydrogens (tertiary/aromatic N) is 3. The molecule has 31 heavy (non-hydrogen) atoms. The number of hydrogen-bond acceptors (Lipinski definition) is 6. The van der Waals surface area contributed by atoms with Gasteiger partial charge in [0.1, 0.15) is 23.6 Å². The van der Waals surface area contributed by atoms with Crippen LogP contribution < -0.4 is 4.74 Å². The number of ether oxygens (including phenoxy) is 2. The summed E-state index contributed by atoms with van der Waals surface area (Å²) in [5.41, 5.74) is 3.48. The van der Waals surface area contributed by atoms with Crippen LogP contribution in [0.25, 0.3) is 0 Å². The first-order chi connectivity index (χ1) is 14.9. The van der Waals surface area contributed by atoms with E-state index in [0.29, 0.717) is 28.8 Å². The van der Waals surface area contributed by atoms with Crippen LogP contribution in [0, 0.1) is 30.1 Å². The van der Waals surface area contributed by atoms with Crippen molar-refractivity contribution in [1.82, 2.24) is 9.47 Å². The standard InChI is InChI=1S/C24H29N3O4/c1-15-17(8-20(11-25)26(15)2)12-27-13-18-9-22(28)23(10-19(18)14-27)31-21-6-4-16(5-7-21)24(29)30-3/h4-8,18-19,22-23,28H,9-10,12-14H2,1-3H3/t18-,19+,22+,23+/m0/s1. The summed E-state index contributed by atoms with van der Waals surface area (Å²) in [6.45, 7) is 4.80. The van der Waals surface area contributed by atoms with Gasteiger partial charge in [-0.05, 0) is 67.5 Å². The minimum atomic E-state index is -0.509. The molecule has 0 bridgehead atoms. The van der Waals surface area contributed by atoms with E-state index in [1.54, 1.807) is 24.3 Å². The normalized spacial score (nSPS) is 25.6. The van der Waals surface area contributed by atoms with E-state index in [9.17, 15) is 15.2 Å². The molecule has 1 aromatic heterocycles. The average molecular weight is 424 g/mol. The highest BCUT2D eigenvalue weighted by Crippen LogP contribution is 2.38. The van der Waals surface area contributed by atoms with Crippen molar-refractivity contribution in [1.29, 1.82) is 5.26 Å². The number of nitriles is 1. The highest BCUT2D eigenvalue weighted by atomic mass is 16.5. The average Bonchev–Trinajstić information content (AvgIpc) is 3.28. The first kappa shape index (κ1) is 21.4. The van der Waals surface area contributed by atoms with Gasteiger partial charge in [0.05, 0.1) is 18.8 Å². The van der Waals surface area contributed by atoms with Gasteiger partial charge in [-0.3, -0.25) is 4.90 Å². The van der Waals surface area contributed by atoms with E-state index in [2.05, 4.69) is 17.9 Å². The minimum absolute atomic E-state index is 0.256. The Kier molecular flexibility index (Phi) is 6.03. The summed E-state index contributed by atoms with van der Waals surface area (Å²) in [4.78, 5) is 14.0. The molecule has 4 atom stereocenters. The zero-order valence-electron chi connectivity index (χ0n) is 18.2. The first-order valence-corrected chi connectivity index (χ1v) is 10.7. The number of aliphatic hydroxyl groups excluding tert-OH is 1. The van der Waals surface area contributed by atoms with Crippen LogP contribution in [-0.2, 0) is 18.3 Å². The van der Waals surface area contributed by atoms with Gasteiger partial charge in [-0.2, -0.15) is 5.26 Å². The number of aliphatic hydroxyl groups is 1. The molecule has 7 heteroatoms. The van der Waals surface area contributed by atoms with Crippen LogP contribution in [0.3, 0.4) is 0 Å². The molecule has 1 N–H and O–H groups in total. The number of hydrogen-bond donors (Lipinski definition) is 1. The summed E-state index contributed by atoms with van der Waals surface area (Å²) in [5, 5.41) is 20.0. The van der Waals surface area contributed by atoms with Crippen molar-refractivity contribution < 1.29 is 19.4 Å². The molecule has 164 valence electrons. The smallest absolute Gasteiger partial charge is 0.337 e. The molecule has 1 aromatic carbocycles.